The molecule has 0 heterocycles. The van der Waals surface area contributed by atoms with Crippen LogP contribution in [0.15, 0.2) is 0 Å². The van der Waals surface area contributed by atoms with Crippen LogP contribution in [0.1, 0.15) is 66.2 Å². The van der Waals surface area contributed by atoms with E-state index in [9.17, 15) is 24.3 Å². The summed E-state index contributed by atoms with van der Waals surface area (Å²) in [6, 6.07) is 0. The molecule has 0 saturated carbocycles. The standard InChI is InChI=1S/C19H35N3O5/c1-5-12(3)17(24)21-11-22-18(25)13(4)7-8-15(19(26)27)10-9-14(6-2)16(20)23/h12-15H,5-11H2,1-4H3,(H2,20,23)(H,21,24)(H,22,25)(H,26,27). The number of carbonyl (C=O) groups excluding carboxylic acids is 3. The molecule has 4 unspecified atom stereocenters. The average Bonchev–Trinajstić information content (AvgIpc) is 2.62. The molecule has 27 heavy (non-hydrogen) atoms. The Bertz CT molecular complexity index is 510. The summed E-state index contributed by atoms with van der Waals surface area (Å²) in [4.78, 5) is 46.4. The minimum absolute atomic E-state index is 0.0610. The number of nitrogens with two attached hydrogens (primary N) is 1. The Balaban J connectivity index is 4.34. The van der Waals surface area contributed by atoms with Crippen molar-refractivity contribution < 1.29 is 24.3 Å². The van der Waals surface area contributed by atoms with Gasteiger partial charge >= 0.3 is 5.97 Å². The van der Waals surface area contributed by atoms with Gasteiger partial charge in [-0.05, 0) is 38.5 Å². The number of hydrogen-bond donors (Lipinski definition) is 4. The summed E-state index contributed by atoms with van der Waals surface area (Å²) in [7, 11) is 0. The summed E-state index contributed by atoms with van der Waals surface area (Å²) in [5.41, 5.74) is 5.30. The van der Waals surface area contributed by atoms with Crippen LogP contribution in [0, 0.1) is 23.7 Å². The van der Waals surface area contributed by atoms with Crippen molar-refractivity contribution >= 4 is 23.7 Å². The van der Waals surface area contributed by atoms with Gasteiger partial charge in [-0.1, -0.05) is 27.7 Å². The molecule has 8 heteroatoms. The van der Waals surface area contributed by atoms with Gasteiger partial charge in [0.15, 0.2) is 0 Å². The first-order chi connectivity index (χ1) is 12.6. The highest BCUT2D eigenvalue weighted by Gasteiger charge is 2.23. The maximum atomic E-state index is 12.1. The van der Waals surface area contributed by atoms with Gasteiger partial charge in [-0.2, -0.15) is 0 Å². The molecule has 0 rings (SSSR count). The smallest absolute Gasteiger partial charge is 0.306 e. The van der Waals surface area contributed by atoms with Crippen LogP contribution in [-0.2, 0) is 19.2 Å². The molecular formula is C19H35N3O5. The van der Waals surface area contributed by atoms with Gasteiger partial charge in [0.05, 0.1) is 12.6 Å². The highest BCUT2D eigenvalue weighted by Crippen LogP contribution is 2.22. The molecular weight excluding hydrogens is 350 g/mol. The zero-order valence-electron chi connectivity index (χ0n) is 16.9. The summed E-state index contributed by atoms with van der Waals surface area (Å²) in [6.07, 6.45) is 2.86. The monoisotopic (exact) mass is 385 g/mol. The summed E-state index contributed by atoms with van der Waals surface area (Å²) in [5.74, 6) is -3.09. The van der Waals surface area contributed by atoms with Gasteiger partial charge in [0.2, 0.25) is 17.7 Å². The van der Waals surface area contributed by atoms with E-state index in [0.29, 0.717) is 32.1 Å². The van der Waals surface area contributed by atoms with Crippen LogP contribution in [0.4, 0.5) is 0 Å². The Morgan fingerprint density at radius 2 is 1.30 bits per heavy atom. The summed E-state index contributed by atoms with van der Waals surface area (Å²) < 4.78 is 0. The maximum absolute atomic E-state index is 12.1. The number of rotatable bonds is 14. The van der Waals surface area contributed by atoms with Crippen LogP contribution in [0.2, 0.25) is 0 Å². The first kappa shape index (κ1) is 24.9. The molecule has 4 atom stereocenters. The Morgan fingerprint density at radius 1 is 0.815 bits per heavy atom. The van der Waals surface area contributed by atoms with E-state index in [-0.39, 0.29) is 36.2 Å². The van der Waals surface area contributed by atoms with Crippen LogP contribution < -0.4 is 16.4 Å². The van der Waals surface area contributed by atoms with E-state index in [1.165, 1.54) is 0 Å². The van der Waals surface area contributed by atoms with E-state index in [2.05, 4.69) is 10.6 Å². The Kier molecular flexibility index (Phi) is 12.1. The molecule has 0 aliphatic carbocycles. The molecule has 3 amide bonds. The normalized spacial score (nSPS) is 15.3. The fourth-order valence-corrected chi connectivity index (χ4v) is 2.68. The van der Waals surface area contributed by atoms with E-state index in [1.54, 1.807) is 6.92 Å². The molecule has 8 nitrogen and oxygen atoms in total. The molecule has 0 spiro atoms. The topological polar surface area (TPSA) is 139 Å². The van der Waals surface area contributed by atoms with Crippen LogP contribution in [0.5, 0.6) is 0 Å². The van der Waals surface area contributed by atoms with Gasteiger partial charge in [0.1, 0.15) is 0 Å². The largest absolute Gasteiger partial charge is 0.481 e. The number of carbonyl (C=O) groups is 4. The predicted molar refractivity (Wildman–Crippen MR) is 102 cm³/mol. The Labute approximate surface area is 161 Å². The van der Waals surface area contributed by atoms with Crippen LogP contribution in [0.3, 0.4) is 0 Å². The highest BCUT2D eigenvalue weighted by molar-refractivity contribution is 5.80. The van der Waals surface area contributed by atoms with E-state index in [1.807, 2.05) is 20.8 Å². The molecule has 0 aliphatic heterocycles. The first-order valence-electron chi connectivity index (χ1n) is 9.71. The van der Waals surface area contributed by atoms with Gasteiger partial charge in [0.25, 0.3) is 0 Å². The third-order valence-corrected chi connectivity index (χ3v) is 5.09. The van der Waals surface area contributed by atoms with Crippen molar-refractivity contribution in [3.63, 3.8) is 0 Å². The van der Waals surface area contributed by atoms with Gasteiger partial charge < -0.3 is 21.5 Å². The zero-order chi connectivity index (χ0) is 21.0. The third-order valence-electron chi connectivity index (χ3n) is 5.09. The van der Waals surface area contributed by atoms with Gasteiger partial charge in [-0.25, -0.2) is 0 Å². The lowest BCUT2D eigenvalue weighted by Crippen LogP contribution is -2.41. The number of carboxylic acids is 1. The highest BCUT2D eigenvalue weighted by atomic mass is 16.4. The molecule has 0 fully saturated rings. The molecule has 0 aliphatic rings. The quantitative estimate of drug-likeness (QED) is 0.337. The Hall–Kier alpha value is -2.12. The fourth-order valence-electron chi connectivity index (χ4n) is 2.68. The lowest BCUT2D eigenvalue weighted by Gasteiger charge is -2.18. The molecule has 0 saturated heterocycles. The Morgan fingerprint density at radius 3 is 1.74 bits per heavy atom. The number of nitrogens with one attached hydrogen (secondary N) is 2. The van der Waals surface area contributed by atoms with Crippen molar-refractivity contribution in [2.75, 3.05) is 6.67 Å². The molecule has 156 valence electrons. The minimum Gasteiger partial charge on any atom is -0.481 e. The van der Waals surface area contributed by atoms with E-state index in [4.69, 9.17) is 5.73 Å². The van der Waals surface area contributed by atoms with Crippen molar-refractivity contribution in [1.29, 1.82) is 0 Å². The van der Waals surface area contributed by atoms with Crippen LogP contribution >= 0.6 is 0 Å². The number of hydrogen-bond acceptors (Lipinski definition) is 4. The van der Waals surface area contributed by atoms with E-state index < -0.39 is 17.8 Å². The maximum Gasteiger partial charge on any atom is 0.306 e. The van der Waals surface area contributed by atoms with Crippen molar-refractivity contribution in [2.24, 2.45) is 29.4 Å². The van der Waals surface area contributed by atoms with Gasteiger partial charge in [0, 0.05) is 17.8 Å². The second kappa shape index (κ2) is 13.1. The van der Waals surface area contributed by atoms with Crippen molar-refractivity contribution in [2.45, 2.75) is 66.2 Å². The van der Waals surface area contributed by atoms with Crippen molar-refractivity contribution in [3.05, 3.63) is 0 Å². The number of amides is 3. The molecule has 0 aromatic rings. The van der Waals surface area contributed by atoms with Gasteiger partial charge in [-0.3, -0.25) is 19.2 Å². The fraction of sp³-hybridized carbons (Fsp3) is 0.789. The average molecular weight is 386 g/mol. The molecule has 0 radical (unpaired) electrons. The minimum atomic E-state index is -0.928. The zero-order valence-corrected chi connectivity index (χ0v) is 16.9. The molecule has 0 bridgehead atoms. The van der Waals surface area contributed by atoms with Gasteiger partial charge in [-0.15, -0.1) is 0 Å². The molecule has 0 aromatic heterocycles. The number of primary amides is 1. The van der Waals surface area contributed by atoms with Crippen LogP contribution in [0.25, 0.3) is 0 Å². The molecule has 5 N–H and O–H groups in total. The summed E-state index contributed by atoms with van der Waals surface area (Å²) in [6.45, 7) is 7.36. The lowest BCUT2D eigenvalue weighted by atomic mass is 9.89. The number of aliphatic carboxylic acids is 1. The first-order valence-corrected chi connectivity index (χ1v) is 9.71. The van der Waals surface area contributed by atoms with Crippen molar-refractivity contribution in [1.82, 2.24) is 10.6 Å². The predicted octanol–water partition coefficient (Wildman–Crippen LogP) is 1.63. The molecule has 0 aromatic carbocycles. The third kappa shape index (κ3) is 9.96. The number of carboxylic acid groups (broad SMARTS) is 1. The second-order valence-corrected chi connectivity index (χ2v) is 7.17. The van der Waals surface area contributed by atoms with Crippen LogP contribution in [-0.4, -0.2) is 35.5 Å². The summed E-state index contributed by atoms with van der Waals surface area (Å²) in [5, 5.41) is 14.6. The lowest BCUT2D eigenvalue weighted by molar-refractivity contribution is -0.143. The SMILES string of the molecule is CCC(C)C(=O)NCNC(=O)C(C)CCC(CCC(CC)C(N)=O)C(=O)O. The van der Waals surface area contributed by atoms with Crippen molar-refractivity contribution in [3.8, 4) is 0 Å². The summed E-state index contributed by atoms with van der Waals surface area (Å²) >= 11 is 0. The van der Waals surface area contributed by atoms with E-state index in [0.717, 1.165) is 6.42 Å². The second-order valence-electron chi connectivity index (χ2n) is 7.17. The van der Waals surface area contributed by atoms with E-state index >= 15 is 0 Å².